The van der Waals surface area contributed by atoms with Crippen molar-refractivity contribution in [2.24, 2.45) is 18.9 Å². The van der Waals surface area contributed by atoms with Crippen LogP contribution in [-0.4, -0.2) is 67.8 Å². The molecule has 10 nitrogen and oxygen atoms in total. The lowest BCUT2D eigenvalue weighted by Crippen LogP contribution is -2.42. The highest BCUT2D eigenvalue weighted by atomic mass is 16.5. The number of aromatic amines is 1. The standard InChI is InChI=1S/C19H22N6O4/c1-24-10-20-7-14(24)17(27)21-6-11-12-8-25(9-19(12)5-4-15(11)29-19)18(28)13-2-3-16(26)23-22-13/h2-3,7,10-12,15H,4-6,8-9H2,1H3,(H,21,27)(H,23,26)/t11-,12+,15+,19+/m0/s1. The summed E-state index contributed by atoms with van der Waals surface area (Å²) < 4.78 is 8.02. The van der Waals surface area contributed by atoms with Crippen LogP contribution in [-0.2, 0) is 11.8 Å². The van der Waals surface area contributed by atoms with E-state index in [1.165, 1.54) is 12.1 Å². The maximum absolute atomic E-state index is 12.8. The summed E-state index contributed by atoms with van der Waals surface area (Å²) in [6, 6.07) is 2.74. The Morgan fingerprint density at radius 2 is 2.28 bits per heavy atom. The number of ether oxygens (including phenoxy) is 1. The lowest BCUT2D eigenvalue weighted by atomic mass is 9.73. The molecule has 0 radical (unpaired) electrons. The Morgan fingerprint density at radius 1 is 1.41 bits per heavy atom. The zero-order chi connectivity index (χ0) is 20.2. The topological polar surface area (TPSA) is 122 Å². The summed E-state index contributed by atoms with van der Waals surface area (Å²) in [4.78, 5) is 42.2. The van der Waals surface area contributed by atoms with Crippen LogP contribution in [0.25, 0.3) is 0 Å². The van der Waals surface area contributed by atoms with E-state index in [9.17, 15) is 14.4 Å². The van der Waals surface area contributed by atoms with Crippen molar-refractivity contribution < 1.29 is 14.3 Å². The van der Waals surface area contributed by atoms with Gasteiger partial charge in [0.1, 0.15) is 11.4 Å². The van der Waals surface area contributed by atoms with Crippen LogP contribution in [0.1, 0.15) is 33.8 Å². The van der Waals surface area contributed by atoms with E-state index >= 15 is 0 Å². The van der Waals surface area contributed by atoms with Gasteiger partial charge in [-0.1, -0.05) is 0 Å². The van der Waals surface area contributed by atoms with Crippen molar-refractivity contribution >= 4 is 11.8 Å². The monoisotopic (exact) mass is 398 g/mol. The van der Waals surface area contributed by atoms with Crippen molar-refractivity contribution in [3.63, 3.8) is 0 Å². The molecular weight excluding hydrogens is 376 g/mol. The predicted octanol–water partition coefficient (Wildman–Crippen LogP) is -0.447. The van der Waals surface area contributed by atoms with E-state index in [4.69, 9.17) is 4.74 Å². The molecule has 2 aromatic heterocycles. The van der Waals surface area contributed by atoms with Crippen LogP contribution < -0.4 is 10.9 Å². The van der Waals surface area contributed by atoms with Crippen LogP contribution in [0.2, 0.25) is 0 Å². The number of hydrogen-bond donors (Lipinski definition) is 2. The Kier molecular flexibility index (Phi) is 4.05. The van der Waals surface area contributed by atoms with Gasteiger partial charge in [0.15, 0.2) is 0 Å². The molecule has 2 bridgehead atoms. The maximum Gasteiger partial charge on any atom is 0.274 e. The number of hydrogen-bond acceptors (Lipinski definition) is 6. The number of fused-ring (bicyclic) bond motifs is 1. The largest absolute Gasteiger partial charge is 0.369 e. The highest BCUT2D eigenvalue weighted by Crippen LogP contribution is 2.54. The molecule has 3 saturated heterocycles. The second-order valence-electron chi connectivity index (χ2n) is 8.12. The molecule has 4 atom stereocenters. The normalized spacial score (nSPS) is 29.8. The van der Waals surface area contributed by atoms with Crippen molar-refractivity contribution in [3.8, 4) is 0 Å². The fourth-order valence-electron chi connectivity index (χ4n) is 5.12. The summed E-state index contributed by atoms with van der Waals surface area (Å²) in [6.45, 7) is 1.57. The third-order valence-electron chi connectivity index (χ3n) is 6.52. The fraction of sp³-hybridized carbons (Fsp3) is 0.526. The second kappa shape index (κ2) is 6.51. The molecule has 0 unspecified atom stereocenters. The Hall–Kier alpha value is -3.01. The van der Waals surface area contributed by atoms with Gasteiger partial charge in [0, 0.05) is 38.0 Å². The van der Waals surface area contributed by atoms with Gasteiger partial charge in [0.2, 0.25) is 0 Å². The molecule has 10 heteroatoms. The SMILES string of the molecule is Cn1cncc1C(=O)NC[C@H]1[C@H]2CN(C(=O)c3ccc(=O)[nH]n3)C[C@]23CC[C@H]1O3. The predicted molar refractivity (Wildman–Crippen MR) is 100 cm³/mol. The molecule has 29 heavy (non-hydrogen) atoms. The summed E-state index contributed by atoms with van der Waals surface area (Å²) in [6.07, 6.45) is 5.09. The lowest BCUT2D eigenvalue weighted by Gasteiger charge is -2.29. The molecule has 152 valence electrons. The van der Waals surface area contributed by atoms with Crippen molar-refractivity contribution in [2.45, 2.75) is 24.5 Å². The number of aryl methyl sites for hydroxylation is 1. The van der Waals surface area contributed by atoms with E-state index in [0.29, 0.717) is 25.3 Å². The first-order valence-electron chi connectivity index (χ1n) is 9.74. The van der Waals surface area contributed by atoms with Gasteiger partial charge in [-0.05, 0) is 18.9 Å². The average molecular weight is 398 g/mol. The number of H-pyrrole nitrogens is 1. The van der Waals surface area contributed by atoms with Gasteiger partial charge in [-0.2, -0.15) is 5.10 Å². The number of carbonyl (C=O) groups is 2. The average Bonchev–Trinajstić information content (AvgIpc) is 3.46. The number of rotatable bonds is 4. The summed E-state index contributed by atoms with van der Waals surface area (Å²) in [7, 11) is 1.78. The molecule has 3 fully saturated rings. The minimum absolute atomic E-state index is 0.107. The van der Waals surface area contributed by atoms with Gasteiger partial charge in [0.05, 0.1) is 30.8 Å². The molecule has 0 aromatic carbocycles. The highest BCUT2D eigenvalue weighted by molar-refractivity contribution is 5.93. The Bertz CT molecular complexity index is 1010. The van der Waals surface area contributed by atoms with E-state index in [2.05, 4.69) is 20.5 Å². The molecular formula is C19H22N6O4. The Balaban J connectivity index is 1.29. The lowest BCUT2D eigenvalue weighted by molar-refractivity contribution is 0.00309. The first-order chi connectivity index (χ1) is 14.0. The number of nitrogens with one attached hydrogen (secondary N) is 2. The van der Waals surface area contributed by atoms with Crippen LogP contribution in [0.15, 0.2) is 29.5 Å². The van der Waals surface area contributed by atoms with E-state index < -0.39 is 0 Å². The maximum atomic E-state index is 12.8. The van der Waals surface area contributed by atoms with Crippen molar-refractivity contribution in [3.05, 3.63) is 46.4 Å². The van der Waals surface area contributed by atoms with Crippen molar-refractivity contribution in [1.82, 2.24) is 30.0 Å². The number of aromatic nitrogens is 4. The minimum atomic E-state index is -0.343. The summed E-state index contributed by atoms with van der Waals surface area (Å²) in [5, 5.41) is 9.17. The van der Waals surface area contributed by atoms with Crippen molar-refractivity contribution in [1.29, 1.82) is 0 Å². The quantitative estimate of drug-likeness (QED) is 0.720. The smallest absolute Gasteiger partial charge is 0.274 e. The molecule has 2 amide bonds. The van der Waals surface area contributed by atoms with Crippen LogP contribution in [0.4, 0.5) is 0 Å². The molecule has 0 saturated carbocycles. The second-order valence-corrected chi connectivity index (χ2v) is 8.12. The Morgan fingerprint density at radius 3 is 3.00 bits per heavy atom. The fourth-order valence-corrected chi connectivity index (χ4v) is 5.12. The zero-order valence-electron chi connectivity index (χ0n) is 16.0. The Labute approximate surface area is 166 Å². The molecule has 1 spiro atoms. The number of carbonyl (C=O) groups excluding carboxylic acids is 2. The van der Waals surface area contributed by atoms with E-state index in [-0.39, 0.29) is 46.6 Å². The van der Waals surface area contributed by atoms with Gasteiger partial charge in [0.25, 0.3) is 17.4 Å². The van der Waals surface area contributed by atoms with E-state index in [0.717, 1.165) is 12.8 Å². The zero-order valence-corrected chi connectivity index (χ0v) is 16.0. The van der Waals surface area contributed by atoms with Crippen LogP contribution in [0, 0.1) is 11.8 Å². The van der Waals surface area contributed by atoms with Crippen LogP contribution in [0.5, 0.6) is 0 Å². The molecule has 2 aromatic rings. The third kappa shape index (κ3) is 2.86. The summed E-state index contributed by atoms with van der Waals surface area (Å²) in [5.41, 5.74) is 0.0436. The third-order valence-corrected chi connectivity index (χ3v) is 6.52. The summed E-state index contributed by atoms with van der Waals surface area (Å²) >= 11 is 0. The van der Waals surface area contributed by atoms with Gasteiger partial charge in [-0.15, -0.1) is 0 Å². The number of amides is 2. The van der Waals surface area contributed by atoms with E-state index in [1.807, 2.05) is 0 Å². The number of likely N-dealkylation sites (tertiary alicyclic amines) is 1. The minimum Gasteiger partial charge on any atom is -0.369 e. The first-order valence-corrected chi connectivity index (χ1v) is 9.74. The first kappa shape index (κ1) is 18.0. The molecule has 3 aliphatic rings. The van der Waals surface area contributed by atoms with Crippen LogP contribution >= 0.6 is 0 Å². The van der Waals surface area contributed by atoms with Gasteiger partial charge in [-0.25, -0.2) is 10.1 Å². The molecule has 5 heterocycles. The number of nitrogens with zero attached hydrogens (tertiary/aromatic N) is 4. The molecule has 0 aliphatic carbocycles. The molecule has 3 aliphatic heterocycles. The number of imidazole rings is 1. The van der Waals surface area contributed by atoms with E-state index in [1.54, 1.807) is 29.0 Å². The van der Waals surface area contributed by atoms with Gasteiger partial charge < -0.3 is 19.5 Å². The summed E-state index contributed by atoms with van der Waals surface area (Å²) in [5.74, 6) is -0.0537. The molecule has 2 N–H and O–H groups in total. The molecule has 5 rings (SSSR count). The van der Waals surface area contributed by atoms with Crippen molar-refractivity contribution in [2.75, 3.05) is 19.6 Å². The van der Waals surface area contributed by atoms with Crippen LogP contribution in [0.3, 0.4) is 0 Å². The van der Waals surface area contributed by atoms with Gasteiger partial charge in [-0.3, -0.25) is 14.4 Å². The highest BCUT2D eigenvalue weighted by Gasteiger charge is 2.63. The van der Waals surface area contributed by atoms with Gasteiger partial charge >= 0.3 is 0 Å².